The number of hydrogen-bond acceptors (Lipinski definition) is 3. The monoisotopic (exact) mass is 276 g/mol. The van der Waals surface area contributed by atoms with Gasteiger partial charge in [0.1, 0.15) is 10.7 Å². The van der Waals surface area contributed by atoms with Crippen molar-refractivity contribution in [3.63, 3.8) is 0 Å². The predicted octanol–water partition coefficient (Wildman–Crippen LogP) is 1.17. The summed E-state index contributed by atoms with van der Waals surface area (Å²) in [6, 6.07) is 4.45. The van der Waals surface area contributed by atoms with E-state index < -0.39 is 26.8 Å². The third kappa shape index (κ3) is 3.45. The smallest absolute Gasteiger partial charge is 0.244 e. The van der Waals surface area contributed by atoms with E-state index in [2.05, 4.69) is 4.72 Å². The first-order valence-corrected chi connectivity index (χ1v) is 6.83. The SMILES string of the molecule is CCC(NS(=O)(=O)c1ccccc1F)C(N)=S. The summed E-state index contributed by atoms with van der Waals surface area (Å²) in [5.41, 5.74) is 5.38. The van der Waals surface area contributed by atoms with Gasteiger partial charge in [-0.1, -0.05) is 31.3 Å². The molecule has 0 aliphatic carbocycles. The van der Waals surface area contributed by atoms with E-state index in [1.54, 1.807) is 6.92 Å². The van der Waals surface area contributed by atoms with Crippen LogP contribution < -0.4 is 10.5 Å². The fraction of sp³-hybridized carbons (Fsp3) is 0.300. The Morgan fingerprint density at radius 2 is 2.12 bits per heavy atom. The van der Waals surface area contributed by atoms with Gasteiger partial charge in [-0.3, -0.25) is 0 Å². The Morgan fingerprint density at radius 3 is 2.59 bits per heavy atom. The predicted molar refractivity (Wildman–Crippen MR) is 67.6 cm³/mol. The Kier molecular flexibility index (Phi) is 4.55. The summed E-state index contributed by atoms with van der Waals surface area (Å²) < 4.78 is 39.3. The molecule has 1 aromatic carbocycles. The molecule has 0 spiro atoms. The van der Waals surface area contributed by atoms with E-state index in [-0.39, 0.29) is 4.99 Å². The summed E-state index contributed by atoms with van der Waals surface area (Å²) in [6.07, 6.45) is 0.406. The molecule has 0 aliphatic rings. The Hall–Kier alpha value is -1.05. The number of benzene rings is 1. The van der Waals surface area contributed by atoms with Crippen LogP contribution in [0.15, 0.2) is 29.2 Å². The molecular weight excluding hydrogens is 263 g/mol. The van der Waals surface area contributed by atoms with E-state index in [4.69, 9.17) is 18.0 Å². The minimum absolute atomic E-state index is 0.0346. The fourth-order valence-electron chi connectivity index (χ4n) is 1.26. The van der Waals surface area contributed by atoms with Gasteiger partial charge >= 0.3 is 0 Å². The summed E-state index contributed by atoms with van der Waals surface area (Å²) in [7, 11) is -3.94. The van der Waals surface area contributed by atoms with Crippen LogP contribution in [0.2, 0.25) is 0 Å². The molecule has 94 valence electrons. The van der Waals surface area contributed by atoms with Crippen molar-refractivity contribution in [2.45, 2.75) is 24.3 Å². The second-order valence-electron chi connectivity index (χ2n) is 3.41. The number of halogens is 1. The van der Waals surface area contributed by atoms with Crippen molar-refractivity contribution in [1.82, 2.24) is 4.72 Å². The van der Waals surface area contributed by atoms with Gasteiger partial charge in [-0.25, -0.2) is 17.5 Å². The molecule has 7 heteroatoms. The van der Waals surface area contributed by atoms with Crippen molar-refractivity contribution in [2.75, 3.05) is 0 Å². The zero-order valence-corrected chi connectivity index (χ0v) is 10.8. The highest BCUT2D eigenvalue weighted by Crippen LogP contribution is 2.14. The van der Waals surface area contributed by atoms with Crippen molar-refractivity contribution in [1.29, 1.82) is 0 Å². The largest absolute Gasteiger partial charge is 0.392 e. The maximum atomic E-state index is 13.4. The van der Waals surface area contributed by atoms with Crippen LogP contribution in [0.25, 0.3) is 0 Å². The maximum Gasteiger partial charge on any atom is 0.244 e. The third-order valence-corrected chi connectivity index (χ3v) is 3.96. The number of nitrogens with two attached hydrogens (primary N) is 1. The Morgan fingerprint density at radius 1 is 1.53 bits per heavy atom. The molecule has 0 saturated carbocycles. The maximum absolute atomic E-state index is 13.4. The van der Waals surface area contributed by atoms with Gasteiger partial charge in [0.2, 0.25) is 10.0 Å². The fourth-order valence-corrected chi connectivity index (χ4v) is 2.93. The molecule has 4 nitrogen and oxygen atoms in total. The molecule has 0 heterocycles. The normalized spacial score (nSPS) is 13.3. The van der Waals surface area contributed by atoms with Crippen LogP contribution in [0.5, 0.6) is 0 Å². The Labute approximate surface area is 105 Å². The van der Waals surface area contributed by atoms with Crippen LogP contribution in [0.4, 0.5) is 4.39 Å². The second-order valence-corrected chi connectivity index (χ2v) is 5.57. The number of sulfonamides is 1. The molecule has 0 aliphatic heterocycles. The molecular formula is C10H13FN2O2S2. The average molecular weight is 276 g/mol. The van der Waals surface area contributed by atoms with Crippen molar-refractivity contribution >= 4 is 27.2 Å². The lowest BCUT2D eigenvalue weighted by atomic mass is 10.2. The molecule has 1 aromatic rings. The van der Waals surface area contributed by atoms with Crippen molar-refractivity contribution < 1.29 is 12.8 Å². The van der Waals surface area contributed by atoms with E-state index in [1.165, 1.54) is 18.2 Å². The van der Waals surface area contributed by atoms with Gasteiger partial charge < -0.3 is 5.73 Å². The van der Waals surface area contributed by atoms with E-state index in [9.17, 15) is 12.8 Å². The molecule has 0 radical (unpaired) electrons. The van der Waals surface area contributed by atoms with Gasteiger partial charge in [0.15, 0.2) is 0 Å². The van der Waals surface area contributed by atoms with Crippen LogP contribution in [0, 0.1) is 5.82 Å². The van der Waals surface area contributed by atoms with Gasteiger partial charge in [0, 0.05) is 0 Å². The van der Waals surface area contributed by atoms with Crippen molar-refractivity contribution in [3.05, 3.63) is 30.1 Å². The number of thiocarbonyl (C=S) groups is 1. The number of nitrogens with one attached hydrogen (secondary N) is 1. The highest BCUT2D eigenvalue weighted by molar-refractivity contribution is 7.89. The lowest BCUT2D eigenvalue weighted by molar-refractivity contribution is 0.551. The highest BCUT2D eigenvalue weighted by atomic mass is 32.2. The first-order valence-electron chi connectivity index (χ1n) is 4.94. The summed E-state index contributed by atoms with van der Waals surface area (Å²) in [4.78, 5) is -0.373. The molecule has 0 fully saturated rings. The van der Waals surface area contributed by atoms with E-state index in [0.717, 1.165) is 6.07 Å². The standard InChI is InChI=1S/C10H13FN2O2S2/c1-2-8(10(12)16)13-17(14,15)9-6-4-3-5-7(9)11/h3-6,8,13H,2H2,1H3,(H2,12,16). The van der Waals surface area contributed by atoms with Gasteiger partial charge in [-0.15, -0.1) is 0 Å². The van der Waals surface area contributed by atoms with Gasteiger partial charge in [0.25, 0.3) is 0 Å². The Bertz CT molecular complexity index is 517. The van der Waals surface area contributed by atoms with Gasteiger partial charge in [-0.05, 0) is 18.6 Å². The zero-order chi connectivity index (χ0) is 13.1. The lowest BCUT2D eigenvalue weighted by Crippen LogP contribution is -2.43. The zero-order valence-electron chi connectivity index (χ0n) is 9.18. The average Bonchev–Trinajstić information content (AvgIpc) is 2.26. The molecule has 0 bridgehead atoms. The minimum Gasteiger partial charge on any atom is -0.392 e. The summed E-state index contributed by atoms with van der Waals surface area (Å²) in [5, 5.41) is 0. The molecule has 0 aromatic heterocycles. The molecule has 17 heavy (non-hydrogen) atoms. The molecule has 0 amide bonds. The Balaban J connectivity index is 3.05. The van der Waals surface area contributed by atoms with Crippen LogP contribution >= 0.6 is 12.2 Å². The van der Waals surface area contributed by atoms with E-state index in [0.29, 0.717) is 6.42 Å². The summed E-state index contributed by atoms with van der Waals surface area (Å²) in [5.74, 6) is -0.808. The molecule has 1 rings (SSSR count). The summed E-state index contributed by atoms with van der Waals surface area (Å²) in [6.45, 7) is 1.73. The second kappa shape index (κ2) is 5.52. The lowest BCUT2D eigenvalue weighted by Gasteiger charge is -2.15. The van der Waals surface area contributed by atoms with Gasteiger partial charge in [-0.2, -0.15) is 0 Å². The minimum atomic E-state index is -3.94. The van der Waals surface area contributed by atoms with Crippen molar-refractivity contribution in [3.8, 4) is 0 Å². The summed E-state index contributed by atoms with van der Waals surface area (Å²) >= 11 is 4.72. The van der Waals surface area contributed by atoms with Crippen LogP contribution in [-0.2, 0) is 10.0 Å². The van der Waals surface area contributed by atoms with Crippen LogP contribution in [-0.4, -0.2) is 19.4 Å². The van der Waals surface area contributed by atoms with Gasteiger partial charge in [0.05, 0.1) is 11.0 Å². The number of hydrogen-bond donors (Lipinski definition) is 2. The van der Waals surface area contributed by atoms with Crippen LogP contribution in [0.3, 0.4) is 0 Å². The van der Waals surface area contributed by atoms with E-state index in [1.807, 2.05) is 0 Å². The van der Waals surface area contributed by atoms with Crippen LogP contribution in [0.1, 0.15) is 13.3 Å². The molecule has 1 unspecified atom stereocenters. The topological polar surface area (TPSA) is 72.2 Å². The quantitative estimate of drug-likeness (QED) is 0.792. The molecule has 1 atom stereocenters. The number of rotatable bonds is 5. The third-order valence-electron chi connectivity index (χ3n) is 2.18. The van der Waals surface area contributed by atoms with Crippen molar-refractivity contribution in [2.24, 2.45) is 5.73 Å². The molecule has 0 saturated heterocycles. The first-order chi connectivity index (χ1) is 7.88. The molecule has 3 N–H and O–H groups in total. The van der Waals surface area contributed by atoms with E-state index >= 15 is 0 Å². The first kappa shape index (κ1) is 14.0. The highest BCUT2D eigenvalue weighted by Gasteiger charge is 2.23.